The van der Waals surface area contributed by atoms with Crippen LogP contribution in [-0.2, 0) is 4.79 Å². The molecule has 1 unspecified atom stereocenters. The third-order valence-corrected chi connectivity index (χ3v) is 4.71. The van der Waals surface area contributed by atoms with Crippen LogP contribution in [0.1, 0.15) is 90.4 Å². The standard InChI is InChI=1S/C21H34ClNO2/c1-2-3-4-5-6-7-8-9-10-11-12-13-14-15-16-19(21(24)25)20(22)17-18-23/h9-10,17,19H,2-8,11-16H2,1H3,(H,24,25)/b10-9-,20-17?. The maximum Gasteiger partial charge on any atom is 0.311 e. The molecule has 4 heteroatoms. The van der Waals surface area contributed by atoms with Gasteiger partial charge in [-0.25, -0.2) is 0 Å². The van der Waals surface area contributed by atoms with Gasteiger partial charge in [-0.05, 0) is 32.1 Å². The fraction of sp³-hybridized carbons (Fsp3) is 0.714. The van der Waals surface area contributed by atoms with E-state index in [1.165, 1.54) is 44.9 Å². The molecule has 0 amide bonds. The minimum Gasteiger partial charge on any atom is -0.481 e. The molecule has 0 bridgehead atoms. The van der Waals surface area contributed by atoms with E-state index in [2.05, 4.69) is 19.1 Å². The van der Waals surface area contributed by atoms with Crippen LogP contribution in [0.15, 0.2) is 23.3 Å². The maximum absolute atomic E-state index is 11.1. The summed E-state index contributed by atoms with van der Waals surface area (Å²) in [5.41, 5.74) is 0. The van der Waals surface area contributed by atoms with Gasteiger partial charge in [-0.3, -0.25) is 4.79 Å². The molecule has 142 valence electrons. The minimum atomic E-state index is -0.950. The molecule has 0 heterocycles. The molecule has 0 radical (unpaired) electrons. The van der Waals surface area contributed by atoms with Crippen LogP contribution in [-0.4, -0.2) is 11.1 Å². The highest BCUT2D eigenvalue weighted by atomic mass is 35.5. The summed E-state index contributed by atoms with van der Waals surface area (Å²) in [4.78, 5) is 11.1. The quantitative estimate of drug-likeness (QED) is 0.182. The van der Waals surface area contributed by atoms with E-state index < -0.39 is 11.9 Å². The molecule has 0 aromatic carbocycles. The van der Waals surface area contributed by atoms with Crippen molar-refractivity contribution in [3.63, 3.8) is 0 Å². The first kappa shape index (κ1) is 23.7. The average Bonchev–Trinajstić information content (AvgIpc) is 2.58. The molecule has 0 saturated heterocycles. The lowest BCUT2D eigenvalue weighted by Crippen LogP contribution is -2.13. The first-order valence-electron chi connectivity index (χ1n) is 9.76. The predicted molar refractivity (Wildman–Crippen MR) is 106 cm³/mol. The van der Waals surface area contributed by atoms with Gasteiger partial charge in [-0.2, -0.15) is 5.26 Å². The zero-order valence-corrected chi connectivity index (χ0v) is 16.4. The molecular weight excluding hydrogens is 334 g/mol. The summed E-state index contributed by atoms with van der Waals surface area (Å²) in [6.07, 6.45) is 20.6. The normalized spacial score (nSPS) is 13.1. The van der Waals surface area contributed by atoms with E-state index in [0.717, 1.165) is 38.2 Å². The van der Waals surface area contributed by atoms with Gasteiger partial charge in [0, 0.05) is 11.1 Å². The number of unbranched alkanes of at least 4 members (excludes halogenated alkanes) is 10. The van der Waals surface area contributed by atoms with E-state index in [9.17, 15) is 4.79 Å². The Morgan fingerprint density at radius 3 is 2.04 bits per heavy atom. The van der Waals surface area contributed by atoms with Crippen molar-refractivity contribution < 1.29 is 9.90 Å². The van der Waals surface area contributed by atoms with Crippen molar-refractivity contribution in [2.24, 2.45) is 5.92 Å². The number of allylic oxidation sites excluding steroid dienone is 3. The van der Waals surface area contributed by atoms with E-state index in [0.29, 0.717) is 6.42 Å². The van der Waals surface area contributed by atoms with Crippen LogP contribution in [0.5, 0.6) is 0 Å². The number of hydrogen-bond donors (Lipinski definition) is 1. The molecule has 1 atom stereocenters. The number of halogens is 1. The fourth-order valence-corrected chi connectivity index (χ4v) is 3.04. The Balaban J connectivity index is 3.57. The Hall–Kier alpha value is -1.27. The van der Waals surface area contributed by atoms with E-state index >= 15 is 0 Å². The fourth-order valence-electron chi connectivity index (χ4n) is 2.78. The Labute approximate surface area is 158 Å². The van der Waals surface area contributed by atoms with E-state index in [1.54, 1.807) is 6.07 Å². The van der Waals surface area contributed by atoms with Gasteiger partial charge >= 0.3 is 5.97 Å². The van der Waals surface area contributed by atoms with E-state index in [1.807, 2.05) is 0 Å². The lowest BCUT2D eigenvalue weighted by molar-refractivity contribution is -0.140. The Bertz CT molecular complexity index is 438. The lowest BCUT2D eigenvalue weighted by Gasteiger charge is -2.10. The van der Waals surface area contributed by atoms with Gasteiger partial charge in [0.2, 0.25) is 0 Å². The first-order chi connectivity index (χ1) is 12.1. The Morgan fingerprint density at radius 1 is 1.00 bits per heavy atom. The highest BCUT2D eigenvalue weighted by Gasteiger charge is 2.20. The number of nitrogens with zero attached hydrogens (tertiary/aromatic N) is 1. The number of hydrogen-bond acceptors (Lipinski definition) is 2. The molecule has 0 aliphatic carbocycles. The molecule has 0 rings (SSSR count). The number of carboxylic acid groups (broad SMARTS) is 1. The second kappa shape index (κ2) is 17.5. The van der Waals surface area contributed by atoms with Crippen molar-refractivity contribution in [2.75, 3.05) is 0 Å². The summed E-state index contributed by atoms with van der Waals surface area (Å²) in [5, 5.41) is 17.8. The van der Waals surface area contributed by atoms with Crippen LogP contribution in [0.4, 0.5) is 0 Å². The monoisotopic (exact) mass is 367 g/mol. The van der Waals surface area contributed by atoms with Crippen LogP contribution in [0, 0.1) is 17.2 Å². The summed E-state index contributed by atoms with van der Waals surface area (Å²) >= 11 is 5.85. The molecule has 25 heavy (non-hydrogen) atoms. The van der Waals surface area contributed by atoms with Crippen LogP contribution >= 0.6 is 11.6 Å². The van der Waals surface area contributed by atoms with Gasteiger partial charge < -0.3 is 5.11 Å². The number of rotatable bonds is 16. The molecule has 1 N–H and O–H groups in total. The van der Waals surface area contributed by atoms with E-state index in [4.69, 9.17) is 22.0 Å². The van der Waals surface area contributed by atoms with Crippen molar-refractivity contribution in [3.8, 4) is 6.07 Å². The Kier molecular flexibility index (Phi) is 16.7. The molecule has 0 aromatic heterocycles. The van der Waals surface area contributed by atoms with Crippen molar-refractivity contribution >= 4 is 17.6 Å². The summed E-state index contributed by atoms with van der Waals surface area (Å²) in [6.45, 7) is 2.24. The SMILES string of the molecule is CCCCCCCC/C=C\CCCCCCC(C(=O)O)C(Cl)=CC#N. The third kappa shape index (κ3) is 14.8. The van der Waals surface area contributed by atoms with Gasteiger partial charge in [0.15, 0.2) is 0 Å². The second-order valence-electron chi connectivity index (χ2n) is 6.57. The summed E-state index contributed by atoms with van der Waals surface area (Å²) in [5.74, 6) is -1.69. The molecule has 0 aromatic rings. The first-order valence-corrected chi connectivity index (χ1v) is 10.1. The molecule has 3 nitrogen and oxygen atoms in total. The van der Waals surface area contributed by atoms with Crippen LogP contribution < -0.4 is 0 Å². The predicted octanol–water partition coefficient (Wildman–Crippen LogP) is 6.98. The number of carbonyl (C=O) groups is 1. The third-order valence-electron chi connectivity index (χ3n) is 4.34. The van der Waals surface area contributed by atoms with Crippen LogP contribution in [0.25, 0.3) is 0 Å². The van der Waals surface area contributed by atoms with E-state index in [-0.39, 0.29) is 5.03 Å². The Morgan fingerprint density at radius 2 is 1.52 bits per heavy atom. The van der Waals surface area contributed by atoms with Crippen molar-refractivity contribution in [1.82, 2.24) is 0 Å². The maximum atomic E-state index is 11.1. The molecule has 0 aliphatic rings. The second-order valence-corrected chi connectivity index (χ2v) is 7.00. The molecule has 0 fully saturated rings. The summed E-state index contributed by atoms with van der Waals surface area (Å²) < 4.78 is 0. The molecule has 0 spiro atoms. The number of carboxylic acids is 1. The topological polar surface area (TPSA) is 61.1 Å². The highest BCUT2D eigenvalue weighted by molar-refractivity contribution is 6.31. The highest BCUT2D eigenvalue weighted by Crippen LogP contribution is 2.22. The van der Waals surface area contributed by atoms with Crippen LogP contribution in [0.2, 0.25) is 0 Å². The zero-order valence-electron chi connectivity index (χ0n) is 15.7. The van der Waals surface area contributed by atoms with Crippen molar-refractivity contribution in [2.45, 2.75) is 90.4 Å². The van der Waals surface area contributed by atoms with Gasteiger partial charge in [0.1, 0.15) is 0 Å². The summed E-state index contributed by atoms with van der Waals surface area (Å²) in [6, 6.07) is 1.79. The minimum absolute atomic E-state index is 0.132. The van der Waals surface area contributed by atoms with Gasteiger partial charge in [-0.1, -0.05) is 82.0 Å². The van der Waals surface area contributed by atoms with Crippen LogP contribution in [0.3, 0.4) is 0 Å². The van der Waals surface area contributed by atoms with Gasteiger partial charge in [0.05, 0.1) is 12.0 Å². The molecule has 0 saturated carbocycles. The zero-order chi connectivity index (χ0) is 18.8. The largest absolute Gasteiger partial charge is 0.481 e. The van der Waals surface area contributed by atoms with Crippen molar-refractivity contribution in [3.05, 3.63) is 23.3 Å². The van der Waals surface area contributed by atoms with Gasteiger partial charge in [-0.15, -0.1) is 0 Å². The molecule has 0 aliphatic heterocycles. The molecular formula is C21H34ClNO2. The number of nitriles is 1. The number of aliphatic carboxylic acids is 1. The lowest BCUT2D eigenvalue weighted by atomic mass is 9.99. The average molecular weight is 368 g/mol. The smallest absolute Gasteiger partial charge is 0.311 e. The van der Waals surface area contributed by atoms with Crippen molar-refractivity contribution in [1.29, 1.82) is 5.26 Å². The van der Waals surface area contributed by atoms with Gasteiger partial charge in [0.25, 0.3) is 0 Å². The summed E-state index contributed by atoms with van der Waals surface area (Å²) in [7, 11) is 0.